The predicted octanol–water partition coefficient (Wildman–Crippen LogP) is 7.15. The highest BCUT2D eigenvalue weighted by Crippen LogP contribution is 2.24. The van der Waals surface area contributed by atoms with Gasteiger partial charge in [0.15, 0.2) is 0 Å². The first-order valence-corrected chi connectivity index (χ1v) is 12.6. The van der Waals surface area contributed by atoms with Crippen molar-refractivity contribution in [2.24, 2.45) is 17.8 Å². The SMILES string of the molecule is CC.CC.CC(=O)C(C)C.CCCNc1ccc(OCC2CN(CCC)CC2C)cc1. The molecule has 1 heterocycles. The molecule has 0 amide bonds. The Morgan fingerprint density at radius 1 is 1.06 bits per heavy atom. The third-order valence-corrected chi connectivity index (χ3v) is 5.09. The first-order valence-electron chi connectivity index (χ1n) is 12.6. The van der Waals surface area contributed by atoms with Crippen molar-refractivity contribution >= 4 is 11.5 Å². The summed E-state index contributed by atoms with van der Waals surface area (Å²) in [6.45, 7) is 25.6. The standard InChI is InChI=1S/C18H30N2O.C5H10O.2C2H6/c1-4-10-19-17-6-8-18(9-7-17)21-14-16-13-20(11-5-2)12-15(16)3;1-4(2)5(3)6;2*1-2/h6-9,15-16,19H,4-5,10-14H2,1-3H3;4H,1-3H3;2*1-2H3. The number of rotatable bonds is 9. The van der Waals surface area contributed by atoms with Gasteiger partial charge in [-0.05, 0) is 56.5 Å². The largest absolute Gasteiger partial charge is 0.493 e. The maximum Gasteiger partial charge on any atom is 0.132 e. The summed E-state index contributed by atoms with van der Waals surface area (Å²) >= 11 is 0. The molecular weight excluding hydrogens is 384 g/mol. The van der Waals surface area contributed by atoms with Gasteiger partial charge in [-0.25, -0.2) is 0 Å². The molecule has 182 valence electrons. The summed E-state index contributed by atoms with van der Waals surface area (Å²) < 4.78 is 5.99. The van der Waals surface area contributed by atoms with Gasteiger partial charge in [0.05, 0.1) is 6.61 Å². The number of hydrogen-bond donors (Lipinski definition) is 1. The molecular formula is C27H52N2O2. The van der Waals surface area contributed by atoms with Crippen LogP contribution < -0.4 is 10.1 Å². The maximum absolute atomic E-state index is 10.1. The van der Waals surface area contributed by atoms with Crippen molar-refractivity contribution in [1.82, 2.24) is 4.90 Å². The third-order valence-electron chi connectivity index (χ3n) is 5.09. The van der Waals surface area contributed by atoms with Crippen LogP contribution >= 0.6 is 0 Å². The van der Waals surface area contributed by atoms with Crippen molar-refractivity contribution in [1.29, 1.82) is 0 Å². The van der Waals surface area contributed by atoms with Gasteiger partial charge in [0.2, 0.25) is 0 Å². The molecule has 1 aliphatic rings. The van der Waals surface area contributed by atoms with Crippen molar-refractivity contribution in [2.75, 3.05) is 38.1 Å². The minimum atomic E-state index is 0.213. The smallest absolute Gasteiger partial charge is 0.132 e. The van der Waals surface area contributed by atoms with Crippen molar-refractivity contribution < 1.29 is 9.53 Å². The molecule has 0 bridgehead atoms. The average Bonchev–Trinajstić information content (AvgIpc) is 3.14. The first kappa shape index (κ1) is 31.6. The predicted molar refractivity (Wildman–Crippen MR) is 138 cm³/mol. The second-order valence-electron chi connectivity index (χ2n) is 8.02. The van der Waals surface area contributed by atoms with Gasteiger partial charge in [0.25, 0.3) is 0 Å². The van der Waals surface area contributed by atoms with Crippen LogP contribution in [-0.2, 0) is 4.79 Å². The van der Waals surface area contributed by atoms with E-state index in [1.165, 1.54) is 31.7 Å². The van der Waals surface area contributed by atoms with E-state index in [4.69, 9.17) is 4.74 Å². The molecule has 1 aromatic carbocycles. The summed E-state index contributed by atoms with van der Waals surface area (Å²) in [6.07, 6.45) is 2.39. The molecule has 1 fully saturated rings. The molecule has 2 unspecified atom stereocenters. The zero-order valence-electron chi connectivity index (χ0n) is 22.3. The molecule has 4 heteroatoms. The fourth-order valence-corrected chi connectivity index (χ4v) is 3.00. The minimum Gasteiger partial charge on any atom is -0.493 e. The van der Waals surface area contributed by atoms with E-state index in [0.717, 1.165) is 31.2 Å². The highest BCUT2D eigenvalue weighted by atomic mass is 16.5. The first-order chi connectivity index (χ1) is 14.9. The lowest BCUT2D eigenvalue weighted by atomic mass is 9.99. The molecule has 2 rings (SSSR count). The van der Waals surface area contributed by atoms with E-state index in [-0.39, 0.29) is 11.7 Å². The molecule has 4 nitrogen and oxygen atoms in total. The zero-order valence-corrected chi connectivity index (χ0v) is 22.3. The van der Waals surface area contributed by atoms with E-state index in [1.807, 2.05) is 41.5 Å². The Kier molecular flexibility index (Phi) is 20.8. The molecule has 2 atom stereocenters. The molecule has 0 aliphatic carbocycles. The van der Waals surface area contributed by atoms with E-state index < -0.39 is 0 Å². The molecule has 0 spiro atoms. The van der Waals surface area contributed by atoms with E-state index in [2.05, 4.69) is 55.3 Å². The van der Waals surface area contributed by atoms with Crippen LogP contribution in [0.15, 0.2) is 24.3 Å². The third kappa shape index (κ3) is 15.0. The summed E-state index contributed by atoms with van der Waals surface area (Å²) in [5.74, 6) is 2.86. The van der Waals surface area contributed by atoms with Gasteiger partial charge in [-0.2, -0.15) is 0 Å². The summed E-state index contributed by atoms with van der Waals surface area (Å²) in [4.78, 5) is 12.7. The van der Waals surface area contributed by atoms with Crippen LogP contribution in [0.2, 0.25) is 0 Å². The van der Waals surface area contributed by atoms with E-state index >= 15 is 0 Å². The number of benzene rings is 1. The van der Waals surface area contributed by atoms with Gasteiger partial charge in [0, 0.05) is 37.2 Å². The second kappa shape index (κ2) is 20.4. The fourth-order valence-electron chi connectivity index (χ4n) is 3.00. The minimum absolute atomic E-state index is 0.213. The van der Waals surface area contributed by atoms with Crippen LogP contribution in [0.25, 0.3) is 0 Å². The molecule has 1 aliphatic heterocycles. The number of hydrogen-bond acceptors (Lipinski definition) is 4. The van der Waals surface area contributed by atoms with Crippen molar-refractivity contribution in [2.45, 2.75) is 82.1 Å². The maximum atomic E-state index is 10.1. The quantitative estimate of drug-likeness (QED) is 0.446. The van der Waals surface area contributed by atoms with E-state index in [0.29, 0.717) is 5.92 Å². The van der Waals surface area contributed by atoms with Crippen LogP contribution in [0.1, 0.15) is 82.1 Å². The number of ketones is 1. The normalized spacial score (nSPS) is 17.4. The average molecular weight is 437 g/mol. The molecule has 31 heavy (non-hydrogen) atoms. The number of carbonyl (C=O) groups is 1. The number of carbonyl (C=O) groups excluding carboxylic acids is 1. The number of nitrogens with one attached hydrogen (secondary N) is 1. The van der Waals surface area contributed by atoms with Crippen LogP contribution in [0, 0.1) is 17.8 Å². The monoisotopic (exact) mass is 436 g/mol. The Labute approximate surface area is 194 Å². The molecule has 0 radical (unpaired) electrons. The van der Waals surface area contributed by atoms with Crippen LogP contribution in [0.3, 0.4) is 0 Å². The lowest BCUT2D eigenvalue weighted by Gasteiger charge is -2.16. The number of Topliss-reactive ketones (excluding diaryl/α,β-unsaturated/α-hetero) is 1. The summed E-state index contributed by atoms with van der Waals surface area (Å²) in [5, 5.41) is 3.38. The van der Waals surface area contributed by atoms with Gasteiger partial charge in [-0.3, -0.25) is 4.79 Å². The number of nitrogens with zero attached hydrogens (tertiary/aromatic N) is 1. The molecule has 1 saturated heterocycles. The highest BCUT2D eigenvalue weighted by molar-refractivity contribution is 5.77. The van der Waals surface area contributed by atoms with E-state index in [1.54, 1.807) is 6.92 Å². The molecule has 0 saturated carbocycles. The Morgan fingerprint density at radius 3 is 2.06 bits per heavy atom. The van der Waals surface area contributed by atoms with Crippen molar-refractivity contribution in [3.05, 3.63) is 24.3 Å². The Balaban J connectivity index is 0. The summed E-state index contributed by atoms with van der Waals surface area (Å²) in [7, 11) is 0. The summed E-state index contributed by atoms with van der Waals surface area (Å²) in [6, 6.07) is 8.35. The Hall–Kier alpha value is -1.55. The lowest BCUT2D eigenvalue weighted by Crippen LogP contribution is -2.23. The van der Waals surface area contributed by atoms with Crippen molar-refractivity contribution in [3.8, 4) is 5.75 Å². The second-order valence-corrected chi connectivity index (χ2v) is 8.02. The highest BCUT2D eigenvalue weighted by Gasteiger charge is 2.29. The van der Waals surface area contributed by atoms with Crippen LogP contribution in [0.5, 0.6) is 5.75 Å². The van der Waals surface area contributed by atoms with E-state index in [9.17, 15) is 4.79 Å². The fraction of sp³-hybridized carbons (Fsp3) is 0.741. The Bertz CT molecular complexity index is 529. The Morgan fingerprint density at radius 2 is 1.61 bits per heavy atom. The molecule has 1 aromatic rings. The van der Waals surface area contributed by atoms with Gasteiger partial charge >= 0.3 is 0 Å². The van der Waals surface area contributed by atoms with Crippen LogP contribution in [-0.4, -0.2) is 43.5 Å². The number of anilines is 1. The topological polar surface area (TPSA) is 41.6 Å². The van der Waals surface area contributed by atoms with Gasteiger partial charge < -0.3 is 15.0 Å². The van der Waals surface area contributed by atoms with Crippen molar-refractivity contribution in [3.63, 3.8) is 0 Å². The molecule has 1 N–H and O–H groups in total. The molecule has 0 aromatic heterocycles. The van der Waals surface area contributed by atoms with Gasteiger partial charge in [0.1, 0.15) is 11.5 Å². The number of ether oxygens (including phenoxy) is 1. The van der Waals surface area contributed by atoms with Gasteiger partial charge in [-0.15, -0.1) is 0 Å². The number of likely N-dealkylation sites (tertiary alicyclic amines) is 1. The van der Waals surface area contributed by atoms with Crippen LogP contribution in [0.4, 0.5) is 5.69 Å². The lowest BCUT2D eigenvalue weighted by molar-refractivity contribution is -0.119. The van der Waals surface area contributed by atoms with Gasteiger partial charge in [-0.1, -0.05) is 62.3 Å². The summed E-state index contributed by atoms with van der Waals surface area (Å²) in [5.41, 5.74) is 1.17. The zero-order chi connectivity index (χ0) is 24.2.